The van der Waals surface area contributed by atoms with Crippen LogP contribution in [-0.2, 0) is 12.8 Å². The fourth-order valence-electron chi connectivity index (χ4n) is 5.82. The number of fused-ring (bicyclic) bond motifs is 6. The number of hydrogen-bond acceptors (Lipinski definition) is 5. The number of benzene rings is 3. The van der Waals surface area contributed by atoms with Gasteiger partial charge in [-0.1, -0.05) is 6.07 Å². The highest BCUT2D eigenvalue weighted by atomic mass is 14.8. The van der Waals surface area contributed by atoms with Gasteiger partial charge in [0.25, 0.3) is 11.4 Å². The Labute approximate surface area is 238 Å². The smallest absolute Gasteiger partial charge is 0.262 e. The standard InChI is InChI=1S/C32H6N10/c1-38-24-9-18-19(31(41-4)32(24)42-5)8-21-27(25(13-36)39-2)20-7-16-17(6-15(10-33)22(11-34)23(16)12-35)28(20)30(29(18)21)26(14-37)40-3/h6,9H,7-8H2/b27-25-,30-26-. The van der Waals surface area contributed by atoms with E-state index in [0.717, 1.165) is 0 Å². The van der Waals surface area contributed by atoms with E-state index in [-0.39, 0.29) is 79.6 Å². The van der Waals surface area contributed by atoms with Gasteiger partial charge >= 0.3 is 0 Å². The largest absolute Gasteiger partial charge is 0.270 e. The van der Waals surface area contributed by atoms with E-state index >= 15 is 0 Å². The molecule has 184 valence electrons. The van der Waals surface area contributed by atoms with Gasteiger partial charge < -0.3 is 0 Å². The number of rotatable bonds is 0. The van der Waals surface area contributed by atoms with Gasteiger partial charge in [0.1, 0.15) is 18.2 Å². The molecule has 0 spiro atoms. The normalized spacial score (nSPS) is 12.1. The van der Waals surface area contributed by atoms with Crippen LogP contribution >= 0.6 is 0 Å². The van der Waals surface area contributed by atoms with Gasteiger partial charge in [-0.3, -0.25) is 14.5 Å². The van der Waals surface area contributed by atoms with E-state index in [0.29, 0.717) is 33.4 Å². The summed E-state index contributed by atoms with van der Waals surface area (Å²) in [6.07, 6.45) is -0.0574. The maximum absolute atomic E-state index is 10.1. The minimum Gasteiger partial charge on any atom is -0.262 e. The Balaban J connectivity index is 2.20. The van der Waals surface area contributed by atoms with E-state index in [1.54, 1.807) is 0 Å². The Kier molecular flexibility index (Phi) is 5.90. The molecule has 10 nitrogen and oxygen atoms in total. The van der Waals surface area contributed by atoms with Gasteiger partial charge in [0.2, 0.25) is 5.69 Å². The van der Waals surface area contributed by atoms with E-state index in [1.165, 1.54) is 12.1 Å². The van der Waals surface area contributed by atoms with Gasteiger partial charge in [-0.15, -0.1) is 0 Å². The molecule has 0 saturated carbocycles. The molecule has 0 saturated heterocycles. The number of nitrogens with zero attached hydrogens (tertiary/aromatic N) is 10. The second-order valence-electron chi connectivity index (χ2n) is 8.95. The molecule has 2 aliphatic rings. The Bertz CT molecular complexity index is 2290. The van der Waals surface area contributed by atoms with Crippen LogP contribution in [0.3, 0.4) is 0 Å². The third-order valence-corrected chi connectivity index (χ3v) is 7.34. The van der Waals surface area contributed by atoms with Crippen LogP contribution in [0.5, 0.6) is 0 Å². The highest BCUT2D eigenvalue weighted by molar-refractivity contribution is 6.00. The third kappa shape index (κ3) is 3.15. The molecule has 3 aromatic carbocycles. The average molecular weight is 530 g/mol. The summed E-state index contributed by atoms with van der Waals surface area (Å²) in [5, 5.41) is 50.0. The molecule has 0 aromatic heterocycles. The average Bonchev–Trinajstić information content (AvgIpc) is 3.59. The summed E-state index contributed by atoms with van der Waals surface area (Å²) < 4.78 is 0. The van der Waals surface area contributed by atoms with Crippen LogP contribution in [-0.4, -0.2) is 0 Å². The Hall–Kier alpha value is -7.70. The summed E-state index contributed by atoms with van der Waals surface area (Å²) in [7, 11) is 0. The first-order valence-electron chi connectivity index (χ1n) is 11.7. The monoisotopic (exact) mass is 530 g/mol. The summed E-state index contributed by atoms with van der Waals surface area (Å²) in [4.78, 5) is 17.3. The van der Waals surface area contributed by atoms with Crippen molar-refractivity contribution in [1.29, 1.82) is 26.3 Å². The first kappa shape index (κ1) is 25.9. The van der Waals surface area contributed by atoms with Crippen LogP contribution in [0.15, 0.2) is 12.1 Å². The first-order valence-corrected chi connectivity index (χ1v) is 11.7. The molecule has 42 heavy (non-hydrogen) atoms. The maximum atomic E-state index is 10.1. The summed E-state index contributed by atoms with van der Waals surface area (Å²) in [5.41, 5.74) is 1.33. The van der Waals surface area contributed by atoms with Gasteiger partial charge in [-0.2, -0.15) is 15.8 Å². The van der Waals surface area contributed by atoms with Crippen molar-refractivity contribution in [2.75, 3.05) is 0 Å². The molecule has 0 bridgehead atoms. The van der Waals surface area contributed by atoms with E-state index < -0.39 is 0 Å². The van der Waals surface area contributed by atoms with Gasteiger partial charge in [-0.05, 0) is 68.6 Å². The highest BCUT2D eigenvalue weighted by Crippen LogP contribution is 2.51. The summed E-state index contributed by atoms with van der Waals surface area (Å²) in [6, 6.07) is 12.4. The lowest BCUT2D eigenvalue weighted by Crippen LogP contribution is -2.25. The molecular weight excluding hydrogens is 524 g/mol. The van der Waals surface area contributed by atoms with Gasteiger partial charge in [0.15, 0.2) is 11.4 Å². The Morgan fingerprint density at radius 3 is 1.62 bits per heavy atom. The van der Waals surface area contributed by atoms with Gasteiger partial charge in [0, 0.05) is 5.22 Å². The molecule has 0 radical (unpaired) electrons. The van der Waals surface area contributed by atoms with E-state index in [9.17, 15) is 26.3 Å². The molecule has 5 rings (SSSR count). The van der Waals surface area contributed by atoms with Crippen molar-refractivity contribution in [3.05, 3.63) is 119 Å². The van der Waals surface area contributed by atoms with E-state index in [4.69, 9.17) is 32.9 Å². The van der Waals surface area contributed by atoms with E-state index in [1.807, 2.05) is 30.3 Å². The molecule has 0 N–H and O–H groups in total. The minimum atomic E-state index is -0.361. The Morgan fingerprint density at radius 1 is 0.595 bits per heavy atom. The van der Waals surface area contributed by atoms with Crippen LogP contribution in [0.4, 0.5) is 17.1 Å². The zero-order chi connectivity index (χ0) is 30.3. The topological polar surface area (TPSA) is 141 Å². The quantitative estimate of drug-likeness (QED) is 0.253. The minimum absolute atomic E-state index is 0.0233. The van der Waals surface area contributed by atoms with Crippen molar-refractivity contribution in [2.45, 2.75) is 12.8 Å². The molecule has 0 amide bonds. The summed E-state index contributed by atoms with van der Waals surface area (Å²) in [6.45, 7) is 38.6. The SMILES string of the molecule is [C-]#[N+]/C(C#N)=c1/c2c(/c(=C(\C#N)[N+]#[C-])c3c1Cc1c-3cc([N+]#[C-])c([N+]#[C-])c1[N+]#[C-])-c1cc(C#N)c(C#N)c(C#N)c1C2. The van der Waals surface area contributed by atoms with Crippen LogP contribution < -0.4 is 10.4 Å². The van der Waals surface area contributed by atoms with Crippen LogP contribution in [0.1, 0.15) is 38.9 Å². The lowest BCUT2D eigenvalue weighted by atomic mass is 9.89. The van der Waals surface area contributed by atoms with Crippen molar-refractivity contribution >= 4 is 28.5 Å². The maximum Gasteiger partial charge on any atom is 0.270 e. The van der Waals surface area contributed by atoms with Gasteiger partial charge in [-0.25, -0.2) is 20.2 Å². The second-order valence-corrected chi connectivity index (χ2v) is 8.95. The van der Waals surface area contributed by atoms with Crippen molar-refractivity contribution in [1.82, 2.24) is 0 Å². The van der Waals surface area contributed by atoms with E-state index in [2.05, 4.69) is 24.2 Å². The number of nitriles is 5. The summed E-state index contributed by atoms with van der Waals surface area (Å²) in [5.74, 6) is 0. The second kappa shape index (κ2) is 9.55. The van der Waals surface area contributed by atoms with Crippen LogP contribution in [0.2, 0.25) is 0 Å². The molecule has 0 aliphatic heterocycles. The first-order chi connectivity index (χ1) is 20.4. The van der Waals surface area contributed by atoms with Crippen molar-refractivity contribution in [3.63, 3.8) is 0 Å². The van der Waals surface area contributed by atoms with Crippen LogP contribution in [0, 0.1) is 89.5 Å². The third-order valence-electron chi connectivity index (χ3n) is 7.34. The molecule has 0 heterocycles. The van der Waals surface area contributed by atoms with Crippen molar-refractivity contribution < 1.29 is 0 Å². The molecular formula is C32H6N10. The van der Waals surface area contributed by atoms with Crippen LogP contribution in [0.25, 0.3) is 57.9 Å². The van der Waals surface area contributed by atoms with Crippen molar-refractivity contribution in [2.24, 2.45) is 0 Å². The fraction of sp³-hybridized carbons (Fsp3) is 0.0625. The highest BCUT2D eigenvalue weighted by Gasteiger charge is 2.35. The summed E-state index contributed by atoms with van der Waals surface area (Å²) >= 11 is 0. The predicted molar refractivity (Wildman–Crippen MR) is 146 cm³/mol. The van der Waals surface area contributed by atoms with Crippen molar-refractivity contribution in [3.8, 4) is 52.6 Å². The molecule has 0 unspecified atom stereocenters. The van der Waals surface area contributed by atoms with Gasteiger partial charge in [0.05, 0.1) is 61.7 Å². The predicted octanol–water partition coefficient (Wildman–Crippen LogP) is 5.20. The zero-order valence-electron chi connectivity index (χ0n) is 21.0. The molecule has 10 heteroatoms. The Morgan fingerprint density at radius 2 is 1.14 bits per heavy atom. The molecule has 0 fully saturated rings. The lowest BCUT2D eigenvalue weighted by molar-refractivity contribution is 1.16. The number of hydrogen-bond donors (Lipinski definition) is 0. The lowest BCUT2D eigenvalue weighted by Gasteiger charge is -2.14. The molecule has 3 aromatic rings. The molecule has 0 atom stereocenters. The molecule has 2 aliphatic carbocycles. The zero-order valence-corrected chi connectivity index (χ0v) is 21.0. The fourth-order valence-corrected chi connectivity index (χ4v) is 5.82.